The molecule has 1 saturated heterocycles. The average molecular weight is 304 g/mol. The van der Waals surface area contributed by atoms with Gasteiger partial charge < -0.3 is 15.5 Å². The van der Waals surface area contributed by atoms with Gasteiger partial charge in [0, 0.05) is 35.9 Å². The van der Waals surface area contributed by atoms with E-state index in [4.69, 9.17) is 10.7 Å². The van der Waals surface area contributed by atoms with Gasteiger partial charge >= 0.3 is 0 Å². The van der Waals surface area contributed by atoms with Crippen LogP contribution in [0.1, 0.15) is 23.5 Å². The minimum atomic E-state index is 0.384. The van der Waals surface area contributed by atoms with Gasteiger partial charge in [0.2, 0.25) is 0 Å². The van der Waals surface area contributed by atoms with Gasteiger partial charge in [-0.15, -0.1) is 0 Å². The molecule has 0 spiro atoms. The number of fused-ring (bicyclic) bond motifs is 6. The Bertz CT molecular complexity index is 780. The number of para-hydroxylation sites is 1. The summed E-state index contributed by atoms with van der Waals surface area (Å²) >= 11 is 0. The fourth-order valence-corrected chi connectivity index (χ4v) is 4.38. The standard InChI is InChI=1S/C19H20N4/c20-14-7-5-13(6-8-14)15-9-11-22-17-4-2-1-3-16(17)18-21-10-12-23(18)19(15)22/h1-8,15,19H,9-12,20H2. The molecule has 2 N–H and O–H groups in total. The maximum Gasteiger partial charge on any atom is 0.134 e. The third-order valence-corrected chi connectivity index (χ3v) is 5.37. The van der Waals surface area contributed by atoms with E-state index in [1.54, 1.807) is 0 Å². The zero-order chi connectivity index (χ0) is 15.4. The third kappa shape index (κ3) is 1.81. The molecule has 0 aromatic heterocycles. The summed E-state index contributed by atoms with van der Waals surface area (Å²) in [6.45, 7) is 3.03. The smallest absolute Gasteiger partial charge is 0.134 e. The summed E-state index contributed by atoms with van der Waals surface area (Å²) in [5.74, 6) is 1.69. The Kier molecular flexibility index (Phi) is 2.68. The number of hydrogen-bond acceptors (Lipinski definition) is 4. The number of anilines is 2. The highest BCUT2D eigenvalue weighted by atomic mass is 15.4. The Morgan fingerprint density at radius 2 is 1.78 bits per heavy atom. The number of amidine groups is 1. The van der Waals surface area contributed by atoms with Crippen LogP contribution in [0.5, 0.6) is 0 Å². The average Bonchev–Trinajstić information content (AvgIpc) is 3.22. The van der Waals surface area contributed by atoms with Crippen LogP contribution in [0.3, 0.4) is 0 Å². The van der Waals surface area contributed by atoms with Crippen molar-refractivity contribution in [2.24, 2.45) is 4.99 Å². The molecule has 4 heteroatoms. The first kappa shape index (κ1) is 13.0. The normalized spacial score (nSPS) is 25.0. The van der Waals surface area contributed by atoms with E-state index in [0.29, 0.717) is 12.1 Å². The van der Waals surface area contributed by atoms with Gasteiger partial charge in [-0.2, -0.15) is 0 Å². The van der Waals surface area contributed by atoms with Crippen LogP contribution in [-0.4, -0.2) is 36.5 Å². The van der Waals surface area contributed by atoms with Crippen LogP contribution in [0, 0.1) is 0 Å². The predicted molar refractivity (Wildman–Crippen MR) is 93.9 cm³/mol. The summed E-state index contributed by atoms with van der Waals surface area (Å²) in [7, 11) is 0. The number of aliphatic imine (C=N–C) groups is 1. The van der Waals surface area contributed by atoms with Gasteiger partial charge in [-0.25, -0.2) is 0 Å². The number of rotatable bonds is 1. The van der Waals surface area contributed by atoms with Crippen LogP contribution in [-0.2, 0) is 0 Å². The predicted octanol–water partition coefficient (Wildman–Crippen LogP) is 2.66. The quantitative estimate of drug-likeness (QED) is 0.824. The van der Waals surface area contributed by atoms with Crippen LogP contribution >= 0.6 is 0 Å². The Morgan fingerprint density at radius 3 is 2.65 bits per heavy atom. The van der Waals surface area contributed by atoms with Crippen LogP contribution in [0.2, 0.25) is 0 Å². The van der Waals surface area contributed by atoms with E-state index >= 15 is 0 Å². The fraction of sp³-hybridized carbons (Fsp3) is 0.316. The number of hydrogen-bond donors (Lipinski definition) is 1. The topological polar surface area (TPSA) is 44.9 Å². The van der Waals surface area contributed by atoms with E-state index in [0.717, 1.165) is 25.3 Å². The number of benzene rings is 2. The van der Waals surface area contributed by atoms with Gasteiger partial charge in [-0.1, -0.05) is 24.3 Å². The molecule has 2 aromatic rings. The molecule has 0 saturated carbocycles. The van der Waals surface area contributed by atoms with Crippen LogP contribution in [0.15, 0.2) is 53.5 Å². The Balaban J connectivity index is 1.61. The second-order valence-electron chi connectivity index (χ2n) is 6.58. The molecule has 23 heavy (non-hydrogen) atoms. The summed E-state index contributed by atoms with van der Waals surface area (Å²) in [6, 6.07) is 17.1. The molecule has 0 bridgehead atoms. The van der Waals surface area contributed by atoms with Crippen LogP contribution in [0.4, 0.5) is 11.4 Å². The van der Waals surface area contributed by atoms with Gasteiger partial charge in [0.15, 0.2) is 0 Å². The van der Waals surface area contributed by atoms with Crippen molar-refractivity contribution < 1.29 is 0 Å². The monoisotopic (exact) mass is 304 g/mol. The highest BCUT2D eigenvalue weighted by molar-refractivity contribution is 6.06. The lowest BCUT2D eigenvalue weighted by molar-refractivity contribution is 0.311. The summed E-state index contributed by atoms with van der Waals surface area (Å²) in [5.41, 5.74) is 10.7. The molecule has 0 amide bonds. The Labute approximate surface area is 136 Å². The zero-order valence-corrected chi connectivity index (χ0v) is 13.0. The van der Waals surface area contributed by atoms with Gasteiger partial charge in [0.25, 0.3) is 0 Å². The van der Waals surface area contributed by atoms with Crippen molar-refractivity contribution in [2.75, 3.05) is 30.3 Å². The van der Waals surface area contributed by atoms with Gasteiger partial charge in [0.1, 0.15) is 12.0 Å². The first-order valence-electron chi connectivity index (χ1n) is 8.35. The van der Waals surface area contributed by atoms with E-state index in [-0.39, 0.29) is 0 Å². The second-order valence-corrected chi connectivity index (χ2v) is 6.58. The lowest BCUT2D eigenvalue weighted by atomic mass is 9.93. The molecule has 1 fully saturated rings. The minimum Gasteiger partial charge on any atom is -0.399 e. The molecule has 3 aliphatic rings. The summed E-state index contributed by atoms with van der Waals surface area (Å²) in [6.07, 6.45) is 1.56. The zero-order valence-electron chi connectivity index (χ0n) is 13.0. The van der Waals surface area contributed by atoms with Crippen molar-refractivity contribution in [3.63, 3.8) is 0 Å². The first-order valence-corrected chi connectivity index (χ1v) is 8.35. The molecule has 2 aromatic carbocycles. The van der Waals surface area contributed by atoms with E-state index in [2.05, 4.69) is 46.2 Å². The largest absolute Gasteiger partial charge is 0.399 e. The summed E-state index contributed by atoms with van der Waals surface area (Å²) in [5, 5.41) is 0. The molecule has 2 atom stereocenters. The molecular formula is C19H20N4. The SMILES string of the molecule is Nc1ccc(C2CCN3c4ccccc4C4=NCCN4C23)cc1. The Hall–Kier alpha value is -2.49. The lowest BCUT2D eigenvalue weighted by Crippen LogP contribution is -2.53. The van der Waals surface area contributed by atoms with Crippen molar-refractivity contribution >= 4 is 17.2 Å². The van der Waals surface area contributed by atoms with E-state index < -0.39 is 0 Å². The van der Waals surface area contributed by atoms with Crippen LogP contribution < -0.4 is 10.6 Å². The molecule has 4 nitrogen and oxygen atoms in total. The third-order valence-electron chi connectivity index (χ3n) is 5.37. The number of nitrogens with two attached hydrogens (primary N) is 1. The first-order chi connectivity index (χ1) is 11.3. The van der Waals surface area contributed by atoms with Crippen molar-refractivity contribution in [1.82, 2.24) is 4.90 Å². The maximum absolute atomic E-state index is 5.87. The maximum atomic E-state index is 5.87. The minimum absolute atomic E-state index is 0.384. The van der Waals surface area contributed by atoms with Gasteiger partial charge in [0.05, 0.1) is 6.54 Å². The number of nitrogens with zero attached hydrogens (tertiary/aromatic N) is 3. The van der Waals surface area contributed by atoms with Crippen molar-refractivity contribution in [1.29, 1.82) is 0 Å². The highest BCUT2D eigenvalue weighted by Gasteiger charge is 2.45. The van der Waals surface area contributed by atoms with E-state index in [1.165, 1.54) is 29.1 Å². The van der Waals surface area contributed by atoms with E-state index in [1.807, 2.05) is 12.1 Å². The van der Waals surface area contributed by atoms with Crippen molar-refractivity contribution in [3.8, 4) is 0 Å². The fourth-order valence-electron chi connectivity index (χ4n) is 4.38. The summed E-state index contributed by atoms with van der Waals surface area (Å²) < 4.78 is 0. The summed E-state index contributed by atoms with van der Waals surface area (Å²) in [4.78, 5) is 9.88. The number of nitrogen functional groups attached to an aromatic ring is 1. The highest BCUT2D eigenvalue weighted by Crippen LogP contribution is 2.44. The molecule has 3 aliphatic heterocycles. The molecular weight excluding hydrogens is 284 g/mol. The molecule has 116 valence electrons. The van der Waals surface area contributed by atoms with Gasteiger partial charge in [-0.3, -0.25) is 4.99 Å². The van der Waals surface area contributed by atoms with E-state index in [9.17, 15) is 0 Å². The Morgan fingerprint density at radius 1 is 0.957 bits per heavy atom. The van der Waals surface area contributed by atoms with Crippen molar-refractivity contribution in [2.45, 2.75) is 18.5 Å². The lowest BCUT2D eigenvalue weighted by Gasteiger charge is -2.43. The van der Waals surface area contributed by atoms with Crippen molar-refractivity contribution in [3.05, 3.63) is 59.7 Å². The molecule has 0 aliphatic carbocycles. The molecule has 0 radical (unpaired) electrons. The molecule has 2 unspecified atom stereocenters. The van der Waals surface area contributed by atoms with Gasteiger partial charge in [-0.05, 0) is 36.2 Å². The molecule has 5 rings (SSSR count). The second kappa shape index (κ2) is 4.75. The molecule has 3 heterocycles. The van der Waals surface area contributed by atoms with Crippen LogP contribution in [0.25, 0.3) is 0 Å².